The molecule has 0 spiro atoms. The van der Waals surface area contributed by atoms with Crippen molar-refractivity contribution >= 4 is 15.9 Å². The molecule has 2 aromatic rings. The monoisotopic (exact) mass is 350 g/mol. The number of hydrogen-bond acceptors (Lipinski definition) is 2. The lowest BCUT2D eigenvalue weighted by molar-refractivity contribution is 0.159. The van der Waals surface area contributed by atoms with Crippen molar-refractivity contribution in [2.75, 3.05) is 0 Å². The maximum atomic E-state index is 10.3. The molecule has 0 aliphatic rings. The lowest BCUT2D eigenvalue weighted by Gasteiger charge is -2.12. The molecule has 1 atom stereocenters. The largest absolute Gasteiger partial charge is 0.393 e. The number of benzene rings is 1. The number of nitrogens with zero attached hydrogens (tertiary/aromatic N) is 2. The van der Waals surface area contributed by atoms with E-state index >= 15 is 0 Å². The first kappa shape index (κ1) is 16.2. The topological polar surface area (TPSA) is 38.0 Å². The normalized spacial score (nSPS) is 12.6. The smallest absolute Gasteiger partial charge is 0.0738 e. The van der Waals surface area contributed by atoms with Crippen LogP contribution in [-0.2, 0) is 19.4 Å². The molecule has 0 saturated carbocycles. The Bertz CT molecular complexity index is 566. The zero-order chi connectivity index (χ0) is 15.2. The fourth-order valence-corrected chi connectivity index (χ4v) is 3.02. The van der Waals surface area contributed by atoms with Gasteiger partial charge in [-0.05, 0) is 54.6 Å². The van der Waals surface area contributed by atoms with Gasteiger partial charge in [0.2, 0.25) is 0 Å². The molecule has 0 aliphatic carbocycles. The lowest BCUT2D eigenvalue weighted by Crippen LogP contribution is -2.15. The number of aliphatic hydroxyl groups excluding tert-OH is 1. The fourth-order valence-electron chi connectivity index (χ4n) is 2.58. The molecular weight excluding hydrogens is 328 g/mol. The van der Waals surface area contributed by atoms with Gasteiger partial charge in [-0.1, -0.05) is 30.3 Å². The van der Waals surface area contributed by atoms with Crippen LogP contribution in [0.15, 0.2) is 34.8 Å². The van der Waals surface area contributed by atoms with Gasteiger partial charge >= 0.3 is 0 Å². The van der Waals surface area contributed by atoms with Crippen molar-refractivity contribution < 1.29 is 5.11 Å². The van der Waals surface area contributed by atoms with Crippen molar-refractivity contribution in [3.63, 3.8) is 0 Å². The molecular formula is C17H23BrN2O. The van der Waals surface area contributed by atoms with Crippen LogP contribution in [-0.4, -0.2) is 21.0 Å². The van der Waals surface area contributed by atoms with E-state index in [2.05, 4.69) is 52.2 Å². The van der Waals surface area contributed by atoms with Crippen LogP contribution < -0.4 is 0 Å². The minimum atomic E-state index is -0.314. The molecule has 3 nitrogen and oxygen atoms in total. The van der Waals surface area contributed by atoms with Gasteiger partial charge in [0.05, 0.1) is 22.0 Å². The van der Waals surface area contributed by atoms with Crippen LogP contribution in [0.5, 0.6) is 0 Å². The van der Waals surface area contributed by atoms with Gasteiger partial charge in [0.25, 0.3) is 0 Å². The minimum Gasteiger partial charge on any atom is -0.393 e. The van der Waals surface area contributed by atoms with Gasteiger partial charge in [0.1, 0.15) is 0 Å². The van der Waals surface area contributed by atoms with Gasteiger partial charge < -0.3 is 5.11 Å². The molecule has 0 radical (unpaired) electrons. The molecule has 1 aromatic carbocycles. The Morgan fingerprint density at radius 1 is 1.29 bits per heavy atom. The third kappa shape index (κ3) is 4.42. The van der Waals surface area contributed by atoms with Gasteiger partial charge in [-0.3, -0.25) is 4.68 Å². The Hall–Kier alpha value is -1.13. The van der Waals surface area contributed by atoms with E-state index < -0.39 is 0 Å². The Balaban J connectivity index is 1.86. The summed E-state index contributed by atoms with van der Waals surface area (Å²) in [7, 11) is 0. The highest BCUT2D eigenvalue weighted by Gasteiger charge is 2.15. The summed E-state index contributed by atoms with van der Waals surface area (Å²) in [5, 5.41) is 14.7. The molecule has 21 heavy (non-hydrogen) atoms. The highest BCUT2D eigenvalue weighted by Crippen LogP contribution is 2.23. The van der Waals surface area contributed by atoms with E-state index in [0.29, 0.717) is 6.42 Å². The first-order chi connectivity index (χ1) is 10.1. The molecule has 1 aromatic heterocycles. The van der Waals surface area contributed by atoms with Crippen LogP contribution in [0.2, 0.25) is 0 Å². The van der Waals surface area contributed by atoms with E-state index in [0.717, 1.165) is 41.7 Å². The van der Waals surface area contributed by atoms with Gasteiger partial charge in [-0.15, -0.1) is 0 Å². The number of aryl methyl sites for hydroxylation is 3. The number of aliphatic hydroxyl groups is 1. The zero-order valence-electron chi connectivity index (χ0n) is 12.7. The molecule has 1 N–H and O–H groups in total. The minimum absolute atomic E-state index is 0.314. The Morgan fingerprint density at radius 3 is 2.67 bits per heavy atom. The van der Waals surface area contributed by atoms with Crippen LogP contribution in [0.1, 0.15) is 36.7 Å². The molecule has 0 fully saturated rings. The third-order valence-electron chi connectivity index (χ3n) is 3.73. The predicted octanol–water partition coefficient (Wildman–Crippen LogP) is 3.90. The first-order valence-corrected chi connectivity index (χ1v) is 8.35. The quantitative estimate of drug-likeness (QED) is 0.822. The molecule has 0 saturated heterocycles. The maximum Gasteiger partial charge on any atom is 0.0738 e. The second-order valence-corrected chi connectivity index (χ2v) is 6.19. The number of aromatic nitrogens is 2. The molecule has 4 heteroatoms. The molecule has 114 valence electrons. The maximum absolute atomic E-state index is 10.3. The zero-order valence-corrected chi connectivity index (χ0v) is 14.3. The predicted molar refractivity (Wildman–Crippen MR) is 89.4 cm³/mol. The van der Waals surface area contributed by atoms with E-state index in [1.165, 1.54) is 5.56 Å². The highest BCUT2D eigenvalue weighted by atomic mass is 79.9. The van der Waals surface area contributed by atoms with E-state index in [-0.39, 0.29) is 6.10 Å². The Labute approximate surface area is 135 Å². The van der Waals surface area contributed by atoms with Crippen LogP contribution >= 0.6 is 15.9 Å². The molecule has 2 rings (SSSR count). The van der Waals surface area contributed by atoms with Crippen molar-refractivity contribution in [3.8, 4) is 0 Å². The first-order valence-electron chi connectivity index (χ1n) is 7.55. The van der Waals surface area contributed by atoms with Crippen LogP contribution in [0.4, 0.5) is 0 Å². The molecule has 0 bridgehead atoms. The van der Waals surface area contributed by atoms with Crippen molar-refractivity contribution in [1.29, 1.82) is 0 Å². The molecule has 1 unspecified atom stereocenters. The van der Waals surface area contributed by atoms with Crippen molar-refractivity contribution in [2.24, 2.45) is 0 Å². The van der Waals surface area contributed by atoms with Crippen LogP contribution in [0.3, 0.4) is 0 Å². The SMILES string of the molecule is CCn1nc(C)c(Br)c1CC(O)CCCc1ccccc1. The average molecular weight is 351 g/mol. The summed E-state index contributed by atoms with van der Waals surface area (Å²) in [6.07, 6.45) is 3.18. The average Bonchev–Trinajstić information content (AvgIpc) is 2.76. The summed E-state index contributed by atoms with van der Waals surface area (Å²) in [6.45, 7) is 4.89. The Kier molecular flexibility index (Phi) is 6.00. The second kappa shape index (κ2) is 7.76. The number of halogens is 1. The third-order valence-corrected chi connectivity index (χ3v) is 4.76. The summed E-state index contributed by atoms with van der Waals surface area (Å²) in [6, 6.07) is 10.4. The van der Waals surface area contributed by atoms with Gasteiger partial charge in [0.15, 0.2) is 0 Å². The Morgan fingerprint density at radius 2 is 2.00 bits per heavy atom. The second-order valence-electron chi connectivity index (χ2n) is 5.40. The molecule has 1 heterocycles. The summed E-state index contributed by atoms with van der Waals surface area (Å²) >= 11 is 3.58. The highest BCUT2D eigenvalue weighted by molar-refractivity contribution is 9.10. The molecule has 0 amide bonds. The standard InChI is InChI=1S/C17H23BrN2O/c1-3-20-16(17(18)13(2)19-20)12-15(21)11-7-10-14-8-5-4-6-9-14/h4-6,8-9,15,21H,3,7,10-12H2,1-2H3. The number of rotatable bonds is 7. The summed E-state index contributed by atoms with van der Waals surface area (Å²) in [4.78, 5) is 0. The van der Waals surface area contributed by atoms with E-state index in [4.69, 9.17) is 0 Å². The fraction of sp³-hybridized carbons (Fsp3) is 0.471. The van der Waals surface area contributed by atoms with Crippen molar-refractivity contribution in [1.82, 2.24) is 9.78 Å². The van der Waals surface area contributed by atoms with E-state index in [1.807, 2.05) is 17.7 Å². The van der Waals surface area contributed by atoms with Gasteiger partial charge in [-0.2, -0.15) is 5.10 Å². The summed E-state index contributed by atoms with van der Waals surface area (Å²) in [5.74, 6) is 0. The molecule has 0 aliphatic heterocycles. The van der Waals surface area contributed by atoms with Gasteiger partial charge in [-0.25, -0.2) is 0 Å². The summed E-state index contributed by atoms with van der Waals surface area (Å²) < 4.78 is 3.01. The van der Waals surface area contributed by atoms with Crippen LogP contribution in [0.25, 0.3) is 0 Å². The van der Waals surface area contributed by atoms with Crippen molar-refractivity contribution in [2.45, 2.75) is 52.2 Å². The summed E-state index contributed by atoms with van der Waals surface area (Å²) in [5.41, 5.74) is 3.42. The lowest BCUT2D eigenvalue weighted by atomic mass is 10.0. The van der Waals surface area contributed by atoms with Crippen molar-refractivity contribution in [3.05, 3.63) is 51.8 Å². The van der Waals surface area contributed by atoms with E-state index in [9.17, 15) is 5.11 Å². The van der Waals surface area contributed by atoms with E-state index in [1.54, 1.807) is 0 Å². The number of hydrogen-bond donors (Lipinski definition) is 1. The van der Waals surface area contributed by atoms with Gasteiger partial charge in [0, 0.05) is 13.0 Å². The van der Waals surface area contributed by atoms with Crippen LogP contribution in [0, 0.1) is 6.92 Å².